The second kappa shape index (κ2) is 14.8. The maximum Gasteiger partial charge on any atom is 0.435 e. The molecule has 1 heterocycles. The molecule has 0 saturated carbocycles. The molecule has 1 unspecified atom stereocenters. The van der Waals surface area contributed by atoms with Crippen LogP contribution in [0.4, 0.5) is 19.7 Å². The number of hydrogen-bond acceptors (Lipinski definition) is 8. The predicted octanol–water partition coefficient (Wildman–Crippen LogP) is 8.23. The topological polar surface area (TPSA) is 118 Å². The minimum absolute atomic E-state index is 0.0197. The lowest BCUT2D eigenvalue weighted by atomic mass is 10.1. The molecule has 46 heavy (non-hydrogen) atoms. The molecule has 254 valence electrons. The molecule has 0 fully saturated rings. The first-order valence-corrected chi connectivity index (χ1v) is 18.5. The standard InChI is InChI=1S/C34H51FN4O6Si/c1-11-46(12-2,13-3)45-30(24-14-17-27(35)28(36)20-24)22-38(31(40)43-33(5,6)7)18-19-42-25-15-16-26-23(4)37-39(29(26)21-25)32(41)44-34(8,9)10/h14-17,20-21,30H,11-13,18-19,22,36H2,1-10H3. The van der Waals surface area contributed by atoms with Crippen LogP contribution in [0.2, 0.25) is 18.1 Å². The van der Waals surface area contributed by atoms with Gasteiger partial charge in [0.05, 0.1) is 36.1 Å². The van der Waals surface area contributed by atoms with Gasteiger partial charge >= 0.3 is 12.2 Å². The zero-order valence-corrected chi connectivity index (χ0v) is 30.0. The first-order valence-electron chi connectivity index (χ1n) is 16.0. The lowest BCUT2D eigenvalue weighted by Crippen LogP contribution is -2.45. The molecule has 0 radical (unpaired) electrons. The van der Waals surface area contributed by atoms with E-state index in [-0.39, 0.29) is 25.4 Å². The summed E-state index contributed by atoms with van der Waals surface area (Å²) in [5.41, 5.74) is 6.49. The number of halogens is 1. The minimum atomic E-state index is -2.17. The van der Waals surface area contributed by atoms with Crippen LogP contribution in [0.15, 0.2) is 36.4 Å². The van der Waals surface area contributed by atoms with E-state index in [1.807, 2.05) is 33.8 Å². The van der Waals surface area contributed by atoms with Gasteiger partial charge in [-0.25, -0.2) is 14.0 Å². The van der Waals surface area contributed by atoms with Crippen LogP contribution in [0.25, 0.3) is 10.9 Å². The summed E-state index contributed by atoms with van der Waals surface area (Å²) in [4.78, 5) is 27.9. The van der Waals surface area contributed by atoms with Crippen LogP contribution in [0, 0.1) is 12.7 Å². The number of anilines is 1. The molecule has 1 aromatic heterocycles. The van der Waals surface area contributed by atoms with Crippen molar-refractivity contribution in [1.82, 2.24) is 14.7 Å². The number of fused-ring (bicyclic) bond motifs is 1. The van der Waals surface area contributed by atoms with E-state index >= 15 is 0 Å². The molecule has 2 N–H and O–H groups in total. The fraction of sp³-hybridized carbons (Fsp3) is 0.559. The van der Waals surface area contributed by atoms with Crippen molar-refractivity contribution >= 4 is 37.1 Å². The van der Waals surface area contributed by atoms with Crippen LogP contribution in [0.1, 0.15) is 79.7 Å². The smallest absolute Gasteiger partial charge is 0.435 e. The Morgan fingerprint density at radius 1 is 0.978 bits per heavy atom. The first kappa shape index (κ1) is 36.8. The van der Waals surface area contributed by atoms with Gasteiger partial charge in [-0.15, -0.1) is 0 Å². The lowest BCUT2D eigenvalue weighted by molar-refractivity contribution is 0.0131. The number of nitrogens with zero attached hydrogens (tertiary/aromatic N) is 3. The molecule has 0 aliphatic carbocycles. The number of carbonyl (C=O) groups is 2. The van der Waals surface area contributed by atoms with Gasteiger partial charge in [-0.1, -0.05) is 26.8 Å². The normalized spacial score (nSPS) is 13.0. The molecule has 0 bridgehead atoms. The van der Waals surface area contributed by atoms with Gasteiger partial charge in [0.25, 0.3) is 0 Å². The van der Waals surface area contributed by atoms with Crippen LogP contribution < -0.4 is 10.5 Å². The van der Waals surface area contributed by atoms with Gasteiger partial charge in [0.2, 0.25) is 0 Å². The third-order valence-electron chi connectivity index (χ3n) is 7.79. The van der Waals surface area contributed by atoms with E-state index in [0.717, 1.165) is 23.5 Å². The summed E-state index contributed by atoms with van der Waals surface area (Å²) in [5.74, 6) is -0.0140. The fourth-order valence-corrected chi connectivity index (χ4v) is 7.93. The fourth-order valence-electron chi connectivity index (χ4n) is 5.12. The number of nitrogen functional groups attached to an aromatic ring is 1. The maximum atomic E-state index is 14.2. The van der Waals surface area contributed by atoms with E-state index in [0.29, 0.717) is 22.5 Å². The molecule has 0 aliphatic rings. The molecule has 0 aliphatic heterocycles. The van der Waals surface area contributed by atoms with Crippen LogP contribution in [-0.4, -0.2) is 66.1 Å². The summed E-state index contributed by atoms with van der Waals surface area (Å²) in [6.45, 7) is 19.5. The average Bonchev–Trinajstić information content (AvgIpc) is 3.30. The second-order valence-electron chi connectivity index (χ2n) is 13.6. The zero-order valence-electron chi connectivity index (χ0n) is 29.0. The first-order chi connectivity index (χ1) is 21.4. The Labute approximate surface area is 273 Å². The Morgan fingerprint density at radius 3 is 2.17 bits per heavy atom. The second-order valence-corrected chi connectivity index (χ2v) is 18.3. The maximum absolute atomic E-state index is 14.2. The van der Waals surface area contributed by atoms with E-state index in [9.17, 15) is 14.0 Å². The number of aromatic nitrogens is 2. The van der Waals surface area contributed by atoms with Gasteiger partial charge in [-0.3, -0.25) is 0 Å². The van der Waals surface area contributed by atoms with Gasteiger partial charge in [-0.2, -0.15) is 9.78 Å². The third-order valence-corrected chi connectivity index (χ3v) is 12.4. The van der Waals surface area contributed by atoms with Crippen molar-refractivity contribution in [2.75, 3.05) is 25.4 Å². The molecule has 3 aromatic rings. The summed E-state index contributed by atoms with van der Waals surface area (Å²) in [6, 6.07) is 12.6. The molecule has 0 spiro atoms. The van der Waals surface area contributed by atoms with Gasteiger partial charge in [0.1, 0.15) is 29.4 Å². The number of rotatable bonds is 12. The molecule has 10 nitrogen and oxygen atoms in total. The van der Waals surface area contributed by atoms with Gasteiger partial charge in [0, 0.05) is 11.5 Å². The number of aryl methyl sites for hydroxylation is 1. The summed E-state index contributed by atoms with van der Waals surface area (Å²) in [6.07, 6.45) is -1.66. The molecule has 12 heteroatoms. The SMILES string of the molecule is CC[Si](CC)(CC)OC(CN(CCOc1ccc2c(C)nn(C(=O)OC(C)(C)C)c2c1)C(=O)OC(C)(C)C)c1ccc(F)c(N)c1. The van der Waals surface area contributed by atoms with E-state index in [1.54, 1.807) is 49.9 Å². The van der Waals surface area contributed by atoms with Crippen LogP contribution in [0.3, 0.4) is 0 Å². The highest BCUT2D eigenvalue weighted by molar-refractivity contribution is 6.73. The molecule has 0 saturated heterocycles. The monoisotopic (exact) mass is 658 g/mol. The average molecular weight is 659 g/mol. The largest absolute Gasteiger partial charge is 0.492 e. The molecule has 1 amide bonds. The quantitative estimate of drug-likeness (QED) is 0.153. The van der Waals surface area contributed by atoms with Crippen molar-refractivity contribution in [2.24, 2.45) is 0 Å². The number of hydrogen-bond donors (Lipinski definition) is 1. The highest BCUT2D eigenvalue weighted by atomic mass is 28.4. The van der Waals surface area contributed by atoms with Crippen molar-refractivity contribution in [1.29, 1.82) is 0 Å². The van der Waals surface area contributed by atoms with Gasteiger partial charge < -0.3 is 29.3 Å². The van der Waals surface area contributed by atoms with Crippen LogP contribution >= 0.6 is 0 Å². The van der Waals surface area contributed by atoms with E-state index < -0.39 is 43.6 Å². The number of amides is 1. The van der Waals surface area contributed by atoms with Crippen LogP contribution in [-0.2, 0) is 13.9 Å². The van der Waals surface area contributed by atoms with E-state index in [1.165, 1.54) is 10.7 Å². The van der Waals surface area contributed by atoms with E-state index in [2.05, 4.69) is 25.9 Å². The Kier molecular flexibility index (Phi) is 11.9. The van der Waals surface area contributed by atoms with Crippen molar-refractivity contribution in [3.8, 4) is 5.75 Å². The number of carbonyl (C=O) groups excluding carboxylic acids is 2. The summed E-state index contributed by atoms with van der Waals surface area (Å²) in [7, 11) is -2.17. The van der Waals surface area contributed by atoms with Crippen molar-refractivity contribution in [3.63, 3.8) is 0 Å². The number of benzene rings is 2. The van der Waals surface area contributed by atoms with Crippen molar-refractivity contribution in [2.45, 2.75) is 105 Å². The number of ether oxygens (including phenoxy) is 3. The van der Waals surface area contributed by atoms with Crippen molar-refractivity contribution in [3.05, 3.63) is 53.5 Å². The Hall–Kier alpha value is -3.64. The highest BCUT2D eigenvalue weighted by Gasteiger charge is 2.35. The summed E-state index contributed by atoms with van der Waals surface area (Å²) < 4.78 is 39.7. The Bertz CT molecular complexity index is 1500. The summed E-state index contributed by atoms with van der Waals surface area (Å²) in [5, 5.41) is 5.17. The highest BCUT2D eigenvalue weighted by Crippen LogP contribution is 2.32. The van der Waals surface area contributed by atoms with Gasteiger partial charge in [0.15, 0.2) is 8.32 Å². The molecular formula is C34H51FN4O6Si. The third kappa shape index (κ3) is 9.68. The molecule has 2 aromatic carbocycles. The molecule has 3 rings (SSSR count). The van der Waals surface area contributed by atoms with Crippen molar-refractivity contribution < 1.29 is 32.6 Å². The minimum Gasteiger partial charge on any atom is -0.492 e. The number of nitrogens with two attached hydrogens (primary N) is 1. The Morgan fingerprint density at radius 2 is 1.61 bits per heavy atom. The predicted molar refractivity (Wildman–Crippen MR) is 181 cm³/mol. The zero-order chi connectivity index (χ0) is 34.4. The molecular weight excluding hydrogens is 607 g/mol. The molecule has 1 atom stereocenters. The lowest BCUT2D eigenvalue weighted by Gasteiger charge is -2.36. The van der Waals surface area contributed by atoms with Crippen LogP contribution in [0.5, 0.6) is 5.75 Å². The van der Waals surface area contributed by atoms with E-state index in [4.69, 9.17) is 24.4 Å². The van der Waals surface area contributed by atoms with Gasteiger partial charge in [-0.05, 0) is 96.4 Å². The Balaban J connectivity index is 1.90. The summed E-state index contributed by atoms with van der Waals surface area (Å²) >= 11 is 0.